The third kappa shape index (κ3) is 11.0. The number of likely N-dealkylation sites (N-methyl/N-ethyl adjacent to an activating group) is 1. The van der Waals surface area contributed by atoms with Crippen LogP contribution in [0.3, 0.4) is 0 Å². The summed E-state index contributed by atoms with van der Waals surface area (Å²) in [6.45, 7) is 13.4. The molecule has 9 heteroatoms. The molecular weight excluding hydrogens is 681 g/mol. The number of allylic oxidation sites excluding steroid dienone is 1. The van der Waals surface area contributed by atoms with Crippen LogP contribution < -0.4 is 9.47 Å². The number of hydrogen-bond donors (Lipinski definition) is 2. The monoisotopic (exact) mass is 751 g/mol. The summed E-state index contributed by atoms with van der Waals surface area (Å²) in [5, 5.41) is 24.3. The molecular formula is C45H70N2O7. The van der Waals surface area contributed by atoms with Gasteiger partial charge in [0.15, 0.2) is 0 Å². The van der Waals surface area contributed by atoms with Crippen molar-refractivity contribution in [2.75, 3.05) is 40.1 Å². The van der Waals surface area contributed by atoms with Crippen molar-refractivity contribution in [3.05, 3.63) is 60.7 Å². The molecule has 1 fully saturated rings. The number of benzene rings is 1. The number of hydrogen-bond acceptors (Lipinski definition) is 8. The Balaban J connectivity index is 1.79. The molecule has 0 bridgehead atoms. The van der Waals surface area contributed by atoms with Gasteiger partial charge in [0.2, 0.25) is 11.7 Å². The van der Waals surface area contributed by atoms with Gasteiger partial charge in [0.25, 0.3) is 0 Å². The van der Waals surface area contributed by atoms with Crippen molar-refractivity contribution in [2.45, 2.75) is 141 Å². The van der Waals surface area contributed by atoms with Gasteiger partial charge >= 0.3 is 0 Å². The normalized spacial score (nSPS) is 24.9. The zero-order valence-electron chi connectivity index (χ0n) is 33.7. The molecule has 6 atom stereocenters. The maximum atomic E-state index is 14.2. The first kappa shape index (κ1) is 43.6. The fraction of sp³-hybridized carbons (Fsp3) is 0.689. The van der Waals surface area contributed by atoms with Crippen molar-refractivity contribution < 1.29 is 34.1 Å². The van der Waals surface area contributed by atoms with Crippen LogP contribution in [0.5, 0.6) is 11.5 Å². The number of aliphatic hydroxyl groups excluding tert-OH is 2. The lowest BCUT2D eigenvalue weighted by molar-refractivity contribution is -0.255. The summed E-state index contributed by atoms with van der Waals surface area (Å²) in [6, 6.07) is 5.54. The molecule has 54 heavy (non-hydrogen) atoms. The molecule has 1 saturated carbocycles. The summed E-state index contributed by atoms with van der Waals surface area (Å²) < 4.78 is 20.3. The van der Waals surface area contributed by atoms with Crippen molar-refractivity contribution in [2.24, 2.45) is 22.9 Å². The van der Waals surface area contributed by atoms with E-state index in [0.717, 1.165) is 79.7 Å². The maximum absolute atomic E-state index is 14.2. The van der Waals surface area contributed by atoms with Gasteiger partial charge in [-0.3, -0.25) is 4.79 Å². The Labute approximate surface area is 325 Å². The van der Waals surface area contributed by atoms with Gasteiger partial charge in [-0.25, -0.2) is 0 Å². The minimum Gasteiger partial charge on any atom is -0.490 e. The van der Waals surface area contributed by atoms with E-state index in [1.165, 1.54) is 38.5 Å². The van der Waals surface area contributed by atoms with E-state index in [2.05, 4.69) is 32.2 Å². The number of rotatable bonds is 27. The van der Waals surface area contributed by atoms with Crippen LogP contribution >= 0.6 is 0 Å². The first-order valence-corrected chi connectivity index (χ1v) is 21.1. The van der Waals surface area contributed by atoms with E-state index in [4.69, 9.17) is 24.2 Å². The van der Waals surface area contributed by atoms with E-state index in [1.807, 2.05) is 31.0 Å². The molecule has 1 heterocycles. The van der Waals surface area contributed by atoms with Gasteiger partial charge in [0.1, 0.15) is 30.8 Å². The highest BCUT2D eigenvalue weighted by Crippen LogP contribution is 2.61. The van der Waals surface area contributed by atoms with Gasteiger partial charge in [-0.1, -0.05) is 101 Å². The third-order valence-corrected chi connectivity index (χ3v) is 11.7. The summed E-state index contributed by atoms with van der Waals surface area (Å²) in [7, 11) is 1.89. The number of carbonyl (C=O) groups excluding carboxylic acids is 1. The second-order valence-electron chi connectivity index (χ2n) is 15.4. The zero-order chi connectivity index (χ0) is 38.8. The van der Waals surface area contributed by atoms with Gasteiger partial charge in [0, 0.05) is 44.6 Å². The number of amides is 1. The van der Waals surface area contributed by atoms with Gasteiger partial charge in [0.05, 0.1) is 18.2 Å². The molecule has 302 valence electrons. The molecule has 1 amide bonds. The number of fused-ring (bicyclic) bond motifs is 2. The molecule has 0 spiro atoms. The molecule has 9 nitrogen and oxygen atoms in total. The van der Waals surface area contributed by atoms with Crippen LogP contribution in [0.15, 0.2) is 60.3 Å². The number of oxime groups is 1. The molecule has 1 aromatic carbocycles. The molecule has 2 aliphatic carbocycles. The second-order valence-corrected chi connectivity index (χ2v) is 15.4. The van der Waals surface area contributed by atoms with E-state index in [1.54, 1.807) is 12.2 Å². The molecule has 0 saturated heterocycles. The van der Waals surface area contributed by atoms with E-state index in [9.17, 15) is 15.0 Å². The van der Waals surface area contributed by atoms with E-state index in [-0.39, 0.29) is 49.4 Å². The Hall–Kier alpha value is -3.14. The van der Waals surface area contributed by atoms with Gasteiger partial charge in [-0.05, 0) is 74.6 Å². The minimum absolute atomic E-state index is 0.0703. The van der Waals surface area contributed by atoms with Gasteiger partial charge in [-0.2, -0.15) is 0 Å². The first-order valence-electron chi connectivity index (χ1n) is 21.1. The minimum atomic E-state index is -1.22. The zero-order valence-corrected chi connectivity index (χ0v) is 33.7. The highest BCUT2D eigenvalue weighted by atomic mass is 16.7. The maximum Gasteiger partial charge on any atom is 0.239 e. The topological polar surface area (TPSA) is 110 Å². The number of nitrogens with zero attached hydrogens (tertiary/aromatic N) is 2. The fourth-order valence-electron chi connectivity index (χ4n) is 9.05. The lowest BCUT2D eigenvalue weighted by atomic mass is 9.55. The Morgan fingerprint density at radius 2 is 1.63 bits per heavy atom. The highest BCUT2D eigenvalue weighted by molar-refractivity contribution is 6.03. The smallest absolute Gasteiger partial charge is 0.239 e. The van der Waals surface area contributed by atoms with Crippen molar-refractivity contribution in [3.8, 4) is 11.5 Å². The molecule has 0 radical (unpaired) electrons. The number of aliphatic hydroxyl groups is 2. The van der Waals surface area contributed by atoms with Crippen LogP contribution in [0.2, 0.25) is 0 Å². The predicted octanol–water partition coefficient (Wildman–Crippen LogP) is 9.28. The molecule has 4 rings (SSSR count). The summed E-state index contributed by atoms with van der Waals surface area (Å²) in [4.78, 5) is 21.8. The third-order valence-electron chi connectivity index (χ3n) is 11.7. The Morgan fingerprint density at radius 1 is 0.944 bits per heavy atom. The fourth-order valence-corrected chi connectivity index (χ4v) is 9.05. The molecule has 0 aromatic heterocycles. The van der Waals surface area contributed by atoms with Crippen LogP contribution in [0.1, 0.15) is 134 Å². The van der Waals surface area contributed by atoms with Gasteiger partial charge < -0.3 is 34.2 Å². The predicted molar refractivity (Wildman–Crippen MR) is 217 cm³/mol. The molecule has 1 aliphatic heterocycles. The number of carbonyl (C=O) groups is 1. The van der Waals surface area contributed by atoms with Gasteiger partial charge in [-0.15, -0.1) is 6.58 Å². The van der Waals surface area contributed by atoms with Crippen LogP contribution in [-0.2, 0) is 14.4 Å². The molecule has 1 aromatic rings. The summed E-state index contributed by atoms with van der Waals surface area (Å²) in [5.41, 5.74) is 2.92. The standard InChI is InChI=1S/C45H70N2O7/c1-6-10-11-12-13-14-15-16-17-24-42(50)47(5)41-33-39(46-53-9-4)37-31-34(22-18-20-27-48)36(23-19-21-28-49)43-38-32-35(51-29-7-2)25-26-40(38)54-45(41,44(37)43)52-30-8-3/h7-8,25-26,31-32,34,36,41,43-44,48-49H,2-3,6,9-24,27-30,33H2,1,4-5H3/t34-,36+,41-,43+,44+,45+/m0/s1. The average Bonchev–Trinajstić information content (AvgIpc) is 3.18. The van der Waals surface area contributed by atoms with Crippen molar-refractivity contribution in [1.29, 1.82) is 0 Å². The molecule has 3 aliphatic rings. The van der Waals surface area contributed by atoms with Crippen molar-refractivity contribution in [3.63, 3.8) is 0 Å². The average molecular weight is 751 g/mol. The summed E-state index contributed by atoms with van der Waals surface area (Å²) in [6.07, 6.45) is 22.5. The highest BCUT2D eigenvalue weighted by Gasteiger charge is 2.65. The first-order chi connectivity index (χ1) is 26.4. The Morgan fingerprint density at radius 3 is 2.30 bits per heavy atom. The SMILES string of the molecule is C=CCOc1ccc2c(c1)[C@H]1[C@H](CCCCO)[C@@H](CCCCO)C=C3C(=NOCC)C[C@H](N(C)C(=O)CCCCCCCCCCC)[C@@](OCC=C)(O2)[C@H]31. The summed E-state index contributed by atoms with van der Waals surface area (Å²) >= 11 is 0. The summed E-state index contributed by atoms with van der Waals surface area (Å²) in [5.74, 6) is 0.286. The van der Waals surface area contributed by atoms with E-state index in [0.29, 0.717) is 32.5 Å². The van der Waals surface area contributed by atoms with Crippen molar-refractivity contribution in [1.82, 2.24) is 4.90 Å². The lowest BCUT2D eigenvalue weighted by Crippen LogP contribution is -2.69. The van der Waals surface area contributed by atoms with Crippen LogP contribution in [0.25, 0.3) is 0 Å². The molecule has 0 unspecified atom stereocenters. The Kier molecular flexibility index (Phi) is 18.6. The van der Waals surface area contributed by atoms with Crippen LogP contribution in [0.4, 0.5) is 0 Å². The van der Waals surface area contributed by atoms with Crippen LogP contribution in [-0.4, -0.2) is 78.6 Å². The second kappa shape index (κ2) is 23.1. The van der Waals surface area contributed by atoms with E-state index >= 15 is 0 Å². The van der Waals surface area contributed by atoms with Crippen molar-refractivity contribution >= 4 is 11.6 Å². The number of unbranched alkanes of at least 4 members (excludes halogenated alkanes) is 10. The van der Waals surface area contributed by atoms with Crippen LogP contribution in [0, 0.1) is 17.8 Å². The quantitative estimate of drug-likeness (QED) is 0.0524. The van der Waals surface area contributed by atoms with E-state index < -0.39 is 11.8 Å². The Bertz CT molecular complexity index is 1380. The lowest BCUT2D eigenvalue weighted by Gasteiger charge is -2.59. The largest absolute Gasteiger partial charge is 0.490 e. The number of ether oxygens (including phenoxy) is 3. The molecule has 2 N–H and O–H groups in total.